The quantitative estimate of drug-likeness (QED) is 0.833. The number of H-pyrrole nitrogens is 1. The van der Waals surface area contributed by atoms with E-state index in [4.69, 9.17) is 4.74 Å². The number of nitrogens with zero attached hydrogens (tertiary/aromatic N) is 1. The summed E-state index contributed by atoms with van der Waals surface area (Å²) < 4.78 is 4.97. The minimum Gasteiger partial charge on any atom is -0.461 e. The fourth-order valence-corrected chi connectivity index (χ4v) is 2.31. The number of aromatic nitrogens is 2. The van der Waals surface area contributed by atoms with Crippen LogP contribution in [0.1, 0.15) is 22.4 Å². The highest BCUT2D eigenvalue weighted by atomic mass is 32.1. The number of aryl methyl sites for hydroxylation is 1. The van der Waals surface area contributed by atoms with Crippen molar-refractivity contribution in [2.75, 3.05) is 6.61 Å². The molecule has 2 aromatic rings. The molecule has 0 saturated carbocycles. The molecule has 0 aliphatic heterocycles. The molecular weight excluding hydrogens is 224 g/mol. The van der Waals surface area contributed by atoms with Gasteiger partial charge in [0, 0.05) is 6.20 Å². The van der Waals surface area contributed by atoms with Crippen LogP contribution in [0.3, 0.4) is 0 Å². The van der Waals surface area contributed by atoms with Crippen molar-refractivity contribution in [2.45, 2.75) is 13.8 Å². The maximum atomic E-state index is 11.7. The molecule has 0 spiro atoms. The molecule has 0 radical (unpaired) electrons. The Labute approximate surface area is 97.3 Å². The molecule has 0 aliphatic carbocycles. The van der Waals surface area contributed by atoms with Gasteiger partial charge in [-0.1, -0.05) is 0 Å². The Morgan fingerprint density at radius 3 is 3.06 bits per heavy atom. The SMILES string of the molecule is CCOC(=O)c1nc(C)sc1-c1ccc[nH]1. The molecule has 0 amide bonds. The Hall–Kier alpha value is -1.62. The van der Waals surface area contributed by atoms with Gasteiger partial charge in [0.15, 0.2) is 5.69 Å². The van der Waals surface area contributed by atoms with Gasteiger partial charge in [0.2, 0.25) is 0 Å². The molecule has 16 heavy (non-hydrogen) atoms. The number of hydrogen-bond donors (Lipinski definition) is 1. The molecule has 4 nitrogen and oxygen atoms in total. The predicted molar refractivity (Wildman–Crippen MR) is 62.6 cm³/mol. The highest BCUT2D eigenvalue weighted by molar-refractivity contribution is 7.15. The van der Waals surface area contributed by atoms with Crippen LogP contribution < -0.4 is 0 Å². The van der Waals surface area contributed by atoms with Crippen LogP contribution in [0.5, 0.6) is 0 Å². The van der Waals surface area contributed by atoms with Crippen molar-refractivity contribution in [3.8, 4) is 10.6 Å². The van der Waals surface area contributed by atoms with Crippen molar-refractivity contribution in [1.82, 2.24) is 9.97 Å². The van der Waals surface area contributed by atoms with E-state index < -0.39 is 0 Å². The van der Waals surface area contributed by atoms with E-state index >= 15 is 0 Å². The Bertz CT molecular complexity index is 488. The molecule has 1 N–H and O–H groups in total. The molecule has 2 aromatic heterocycles. The first-order valence-electron chi connectivity index (χ1n) is 5.00. The van der Waals surface area contributed by atoms with Gasteiger partial charge < -0.3 is 9.72 Å². The van der Waals surface area contributed by atoms with Gasteiger partial charge in [-0.15, -0.1) is 11.3 Å². The summed E-state index contributed by atoms with van der Waals surface area (Å²) in [7, 11) is 0. The van der Waals surface area contributed by atoms with E-state index in [1.165, 1.54) is 11.3 Å². The van der Waals surface area contributed by atoms with E-state index in [9.17, 15) is 4.79 Å². The Balaban J connectivity index is 2.42. The van der Waals surface area contributed by atoms with Gasteiger partial charge in [-0.05, 0) is 26.0 Å². The maximum Gasteiger partial charge on any atom is 0.358 e. The lowest BCUT2D eigenvalue weighted by atomic mass is 10.3. The standard InChI is InChI=1S/C11H12N2O2S/c1-3-15-11(14)9-10(16-7(2)13-9)8-5-4-6-12-8/h4-6,12H,3H2,1-2H3. The number of ether oxygens (including phenoxy) is 1. The predicted octanol–water partition coefficient (Wildman–Crippen LogP) is 2.62. The first-order chi connectivity index (χ1) is 7.72. The van der Waals surface area contributed by atoms with Crippen LogP contribution in [0, 0.1) is 6.92 Å². The van der Waals surface area contributed by atoms with E-state index in [-0.39, 0.29) is 5.97 Å². The molecule has 0 bridgehead atoms. The number of hydrogen-bond acceptors (Lipinski definition) is 4. The van der Waals surface area contributed by atoms with E-state index in [1.54, 1.807) is 6.92 Å². The van der Waals surface area contributed by atoms with Gasteiger partial charge in [-0.2, -0.15) is 0 Å². The lowest BCUT2D eigenvalue weighted by Gasteiger charge is -2.00. The second-order valence-corrected chi connectivity index (χ2v) is 4.42. The molecule has 0 aliphatic rings. The van der Waals surface area contributed by atoms with E-state index in [0.29, 0.717) is 12.3 Å². The number of aromatic amines is 1. The van der Waals surface area contributed by atoms with Gasteiger partial charge >= 0.3 is 5.97 Å². The second-order valence-electron chi connectivity index (χ2n) is 3.21. The van der Waals surface area contributed by atoms with E-state index in [2.05, 4.69) is 9.97 Å². The number of rotatable bonds is 3. The molecule has 0 aromatic carbocycles. The number of carbonyl (C=O) groups excluding carboxylic acids is 1. The molecule has 0 unspecified atom stereocenters. The van der Waals surface area contributed by atoms with Crippen molar-refractivity contribution in [2.24, 2.45) is 0 Å². The summed E-state index contributed by atoms with van der Waals surface area (Å²) in [6.45, 7) is 4.02. The third kappa shape index (κ3) is 1.99. The monoisotopic (exact) mass is 236 g/mol. The maximum absolute atomic E-state index is 11.7. The minimum absolute atomic E-state index is 0.361. The highest BCUT2D eigenvalue weighted by Crippen LogP contribution is 2.29. The molecule has 84 valence electrons. The largest absolute Gasteiger partial charge is 0.461 e. The fraction of sp³-hybridized carbons (Fsp3) is 0.273. The van der Waals surface area contributed by atoms with Crippen LogP contribution in [-0.2, 0) is 4.74 Å². The Morgan fingerprint density at radius 1 is 1.62 bits per heavy atom. The zero-order valence-electron chi connectivity index (χ0n) is 9.11. The number of carbonyl (C=O) groups is 1. The molecule has 0 fully saturated rings. The lowest BCUT2D eigenvalue weighted by Crippen LogP contribution is -2.06. The number of nitrogens with one attached hydrogen (secondary N) is 1. The molecule has 0 atom stereocenters. The third-order valence-electron chi connectivity index (χ3n) is 2.05. The van der Waals surface area contributed by atoms with Crippen molar-refractivity contribution < 1.29 is 9.53 Å². The second kappa shape index (κ2) is 4.49. The van der Waals surface area contributed by atoms with Crippen LogP contribution in [0.25, 0.3) is 10.6 Å². The van der Waals surface area contributed by atoms with Gasteiger partial charge in [-0.25, -0.2) is 9.78 Å². The molecule has 2 rings (SSSR count). The molecular formula is C11H12N2O2S. The van der Waals surface area contributed by atoms with Crippen LogP contribution in [0.4, 0.5) is 0 Å². The molecule has 2 heterocycles. The van der Waals surface area contributed by atoms with Crippen molar-refractivity contribution in [3.05, 3.63) is 29.0 Å². The number of esters is 1. The zero-order chi connectivity index (χ0) is 11.5. The average Bonchev–Trinajstić information content (AvgIpc) is 2.85. The van der Waals surface area contributed by atoms with Crippen molar-refractivity contribution >= 4 is 17.3 Å². The van der Waals surface area contributed by atoms with Crippen molar-refractivity contribution in [3.63, 3.8) is 0 Å². The van der Waals surface area contributed by atoms with Crippen LogP contribution in [-0.4, -0.2) is 22.5 Å². The Morgan fingerprint density at radius 2 is 2.44 bits per heavy atom. The lowest BCUT2D eigenvalue weighted by molar-refractivity contribution is 0.0521. The molecule has 0 saturated heterocycles. The van der Waals surface area contributed by atoms with E-state index in [1.807, 2.05) is 25.3 Å². The Kier molecular flexibility index (Phi) is 3.05. The van der Waals surface area contributed by atoms with Crippen LogP contribution in [0.15, 0.2) is 18.3 Å². The van der Waals surface area contributed by atoms with Gasteiger partial charge in [0.1, 0.15) is 0 Å². The normalized spacial score (nSPS) is 10.4. The van der Waals surface area contributed by atoms with Gasteiger partial charge in [0.25, 0.3) is 0 Å². The first-order valence-corrected chi connectivity index (χ1v) is 5.82. The topological polar surface area (TPSA) is 55.0 Å². The average molecular weight is 236 g/mol. The summed E-state index contributed by atoms with van der Waals surface area (Å²) in [5, 5.41) is 0.854. The summed E-state index contributed by atoms with van der Waals surface area (Å²) in [6, 6.07) is 3.80. The summed E-state index contributed by atoms with van der Waals surface area (Å²) in [4.78, 5) is 19.8. The van der Waals surface area contributed by atoms with Gasteiger partial charge in [0.05, 0.1) is 22.2 Å². The molecule has 5 heteroatoms. The summed E-state index contributed by atoms with van der Waals surface area (Å²) >= 11 is 1.48. The fourth-order valence-electron chi connectivity index (χ4n) is 1.42. The number of thiazole rings is 1. The first kappa shape index (κ1) is 10.9. The smallest absolute Gasteiger partial charge is 0.358 e. The van der Waals surface area contributed by atoms with Crippen LogP contribution in [0.2, 0.25) is 0 Å². The van der Waals surface area contributed by atoms with E-state index in [0.717, 1.165) is 15.6 Å². The minimum atomic E-state index is -0.364. The summed E-state index contributed by atoms with van der Waals surface area (Å²) in [5.74, 6) is -0.364. The van der Waals surface area contributed by atoms with Crippen LogP contribution >= 0.6 is 11.3 Å². The summed E-state index contributed by atoms with van der Waals surface area (Å²) in [5.41, 5.74) is 1.29. The van der Waals surface area contributed by atoms with Gasteiger partial charge in [-0.3, -0.25) is 0 Å². The zero-order valence-corrected chi connectivity index (χ0v) is 9.93. The summed E-state index contributed by atoms with van der Waals surface area (Å²) in [6.07, 6.45) is 1.82. The van der Waals surface area contributed by atoms with Crippen molar-refractivity contribution in [1.29, 1.82) is 0 Å². The highest BCUT2D eigenvalue weighted by Gasteiger charge is 2.19. The third-order valence-corrected chi connectivity index (χ3v) is 3.05.